The van der Waals surface area contributed by atoms with Gasteiger partial charge in [0.15, 0.2) is 5.78 Å². The number of hydrogen-bond donors (Lipinski definition) is 1. The minimum Gasteiger partial charge on any atom is -0.380 e. The van der Waals surface area contributed by atoms with Crippen molar-refractivity contribution in [2.24, 2.45) is 5.92 Å². The molecule has 0 bridgehead atoms. The van der Waals surface area contributed by atoms with Gasteiger partial charge < -0.3 is 10.1 Å². The topological polar surface area (TPSA) is 68.3 Å². The summed E-state index contributed by atoms with van der Waals surface area (Å²) in [5, 5.41) is 3.61. The van der Waals surface area contributed by atoms with E-state index in [0.717, 1.165) is 35.8 Å². The highest BCUT2D eigenvalue weighted by atomic mass is 19.1. The van der Waals surface area contributed by atoms with E-state index in [-0.39, 0.29) is 11.7 Å². The van der Waals surface area contributed by atoms with E-state index in [1.54, 1.807) is 36.5 Å². The summed E-state index contributed by atoms with van der Waals surface area (Å²) in [5.41, 5.74) is 4.64. The fraction of sp³-hybridized carbons (Fsp3) is 0.303. The van der Waals surface area contributed by atoms with Gasteiger partial charge in [-0.2, -0.15) is 0 Å². The monoisotopic (exact) mass is 524 g/mol. The summed E-state index contributed by atoms with van der Waals surface area (Å²) in [6.07, 6.45) is 5.82. The Balaban J connectivity index is 1.46. The first-order valence-corrected chi connectivity index (χ1v) is 13.7. The summed E-state index contributed by atoms with van der Waals surface area (Å²) >= 11 is 0. The van der Waals surface area contributed by atoms with E-state index in [2.05, 4.69) is 10.3 Å². The molecule has 1 fully saturated rings. The summed E-state index contributed by atoms with van der Waals surface area (Å²) in [5.74, 6) is -0.0444. The van der Waals surface area contributed by atoms with Gasteiger partial charge in [-0.25, -0.2) is 4.39 Å². The van der Waals surface area contributed by atoms with Gasteiger partial charge in [0.25, 0.3) is 5.91 Å². The first-order chi connectivity index (χ1) is 19.0. The molecular formula is C33H33FN2O3. The van der Waals surface area contributed by atoms with E-state index < -0.39 is 5.82 Å². The number of ketones is 1. The molecule has 5 nitrogen and oxygen atoms in total. The molecule has 0 saturated heterocycles. The number of rotatable bonds is 12. The zero-order valence-corrected chi connectivity index (χ0v) is 22.2. The van der Waals surface area contributed by atoms with Crippen LogP contribution in [0.5, 0.6) is 0 Å². The van der Waals surface area contributed by atoms with Crippen molar-refractivity contribution in [3.05, 3.63) is 101 Å². The summed E-state index contributed by atoms with van der Waals surface area (Å²) < 4.78 is 20.7. The van der Waals surface area contributed by atoms with E-state index in [0.29, 0.717) is 66.3 Å². The van der Waals surface area contributed by atoms with E-state index >= 15 is 4.39 Å². The van der Waals surface area contributed by atoms with Crippen molar-refractivity contribution in [3.63, 3.8) is 0 Å². The van der Waals surface area contributed by atoms with Gasteiger partial charge in [-0.1, -0.05) is 49.4 Å². The van der Waals surface area contributed by atoms with Gasteiger partial charge in [0.2, 0.25) is 0 Å². The second-order valence-electron chi connectivity index (χ2n) is 10.2. The van der Waals surface area contributed by atoms with Gasteiger partial charge in [-0.3, -0.25) is 14.6 Å². The molecule has 0 atom stereocenters. The number of carbonyl (C=O) groups is 2. The molecule has 1 N–H and O–H groups in total. The van der Waals surface area contributed by atoms with Gasteiger partial charge in [-0.15, -0.1) is 0 Å². The molecule has 0 unspecified atom stereocenters. The normalized spacial score (nSPS) is 13.0. The number of hydrogen-bond acceptors (Lipinski definition) is 4. The molecule has 0 aliphatic heterocycles. The smallest absolute Gasteiger partial charge is 0.251 e. The molecule has 3 aromatic carbocycles. The van der Waals surface area contributed by atoms with E-state index in [1.165, 1.54) is 6.07 Å². The quantitative estimate of drug-likeness (QED) is 0.164. The van der Waals surface area contributed by atoms with Crippen molar-refractivity contribution < 1.29 is 18.7 Å². The number of amides is 1. The number of ether oxygens (including phenoxy) is 1. The maximum absolute atomic E-state index is 15.3. The molecule has 1 aromatic heterocycles. The number of pyridine rings is 1. The molecule has 1 aliphatic carbocycles. The molecule has 6 heteroatoms. The van der Waals surface area contributed by atoms with Crippen LogP contribution in [0.3, 0.4) is 0 Å². The predicted molar refractivity (Wildman–Crippen MR) is 151 cm³/mol. The number of fused-ring (bicyclic) bond motifs is 1. The second-order valence-corrected chi connectivity index (χ2v) is 10.2. The number of carbonyl (C=O) groups excluding carboxylic acids is 2. The molecule has 0 radical (unpaired) electrons. The van der Waals surface area contributed by atoms with Crippen molar-refractivity contribution in [3.8, 4) is 11.1 Å². The van der Waals surface area contributed by atoms with Gasteiger partial charge in [0.05, 0.1) is 12.1 Å². The fourth-order valence-electron chi connectivity index (χ4n) is 4.80. The molecule has 0 spiro atoms. The van der Waals surface area contributed by atoms with E-state index in [9.17, 15) is 9.59 Å². The van der Waals surface area contributed by atoms with Crippen molar-refractivity contribution in [2.75, 3.05) is 19.8 Å². The first kappa shape index (κ1) is 26.7. The van der Waals surface area contributed by atoms with E-state index in [4.69, 9.17) is 4.74 Å². The third kappa shape index (κ3) is 6.58. The molecule has 1 amide bonds. The van der Waals surface area contributed by atoms with Gasteiger partial charge in [0.1, 0.15) is 5.82 Å². The van der Waals surface area contributed by atoms with Gasteiger partial charge in [0, 0.05) is 53.9 Å². The molecule has 5 rings (SSSR count). The Morgan fingerprint density at radius 3 is 2.51 bits per heavy atom. The van der Waals surface area contributed by atoms with Crippen molar-refractivity contribution >= 4 is 22.6 Å². The summed E-state index contributed by atoms with van der Waals surface area (Å²) in [6, 6.07) is 20.1. The van der Waals surface area contributed by atoms with Gasteiger partial charge >= 0.3 is 0 Å². The van der Waals surface area contributed by atoms with Crippen LogP contribution in [0.15, 0.2) is 72.9 Å². The average Bonchev–Trinajstić information content (AvgIpc) is 3.77. The highest BCUT2D eigenvalue weighted by molar-refractivity contribution is 6.02. The summed E-state index contributed by atoms with van der Waals surface area (Å²) in [4.78, 5) is 30.2. The molecule has 39 heavy (non-hydrogen) atoms. The molecule has 1 heterocycles. The van der Waals surface area contributed by atoms with Crippen molar-refractivity contribution in [1.29, 1.82) is 0 Å². The number of nitrogens with zero attached hydrogens (tertiary/aromatic N) is 1. The Hall–Kier alpha value is -3.90. The SMILES string of the molecule is CCCOCCNC(=O)c1ccc(-c2cc3c(Cc4ccccc4)c(C(=O)CC4CC4)cnc3cc2F)cc1. The number of benzene rings is 3. The van der Waals surface area contributed by atoms with E-state index in [1.807, 2.05) is 37.3 Å². The summed E-state index contributed by atoms with van der Waals surface area (Å²) in [6.45, 7) is 3.59. The van der Waals surface area contributed by atoms with Crippen LogP contribution in [0.4, 0.5) is 4.39 Å². The maximum Gasteiger partial charge on any atom is 0.251 e. The third-order valence-electron chi connectivity index (χ3n) is 7.10. The lowest BCUT2D eigenvalue weighted by molar-refractivity contribution is 0.0914. The largest absolute Gasteiger partial charge is 0.380 e. The second kappa shape index (κ2) is 12.3. The van der Waals surface area contributed by atoms with Gasteiger partial charge in [-0.05, 0) is 66.5 Å². The predicted octanol–water partition coefficient (Wildman–Crippen LogP) is 6.77. The Morgan fingerprint density at radius 2 is 1.79 bits per heavy atom. The summed E-state index contributed by atoms with van der Waals surface area (Å²) in [7, 11) is 0. The van der Waals surface area contributed by atoms with Crippen LogP contribution in [0, 0.1) is 11.7 Å². The van der Waals surface area contributed by atoms with Crippen LogP contribution in [-0.2, 0) is 11.2 Å². The molecule has 4 aromatic rings. The van der Waals surface area contributed by atoms with Crippen LogP contribution >= 0.6 is 0 Å². The Kier molecular flexibility index (Phi) is 8.42. The standard InChI is InChI=1S/C33H33FN2O3/c1-2-15-39-16-14-35-33(38)25-12-10-24(11-13-25)26-19-28-27(17-22-6-4-3-5-7-22)29(32(37)18-23-8-9-23)21-36-31(28)20-30(26)34/h3-7,10-13,19-21,23H,2,8-9,14-18H2,1H3,(H,35,38). The lowest BCUT2D eigenvalue weighted by atomic mass is 9.91. The highest BCUT2D eigenvalue weighted by Crippen LogP contribution is 2.36. The minimum atomic E-state index is -0.400. The minimum absolute atomic E-state index is 0.0964. The highest BCUT2D eigenvalue weighted by Gasteiger charge is 2.27. The first-order valence-electron chi connectivity index (χ1n) is 13.7. The van der Waals surface area contributed by atoms with Crippen molar-refractivity contribution in [1.82, 2.24) is 10.3 Å². The van der Waals surface area contributed by atoms with Crippen molar-refractivity contribution in [2.45, 2.75) is 39.0 Å². The number of aromatic nitrogens is 1. The molecule has 200 valence electrons. The Morgan fingerprint density at radius 1 is 1.03 bits per heavy atom. The molecular weight excluding hydrogens is 491 g/mol. The zero-order valence-electron chi connectivity index (χ0n) is 22.2. The van der Waals surface area contributed by atoms with Crippen LogP contribution < -0.4 is 5.32 Å². The maximum atomic E-state index is 15.3. The van der Waals surface area contributed by atoms with Crippen LogP contribution in [0.2, 0.25) is 0 Å². The number of halogens is 1. The average molecular weight is 525 g/mol. The zero-order chi connectivity index (χ0) is 27.2. The lowest BCUT2D eigenvalue weighted by Crippen LogP contribution is -2.27. The van der Waals surface area contributed by atoms with Crippen LogP contribution in [0.25, 0.3) is 22.0 Å². The number of Topliss-reactive ketones (excluding diaryl/α,β-unsaturated/α-hetero) is 1. The molecule has 1 saturated carbocycles. The Bertz CT molecular complexity index is 1460. The number of nitrogens with one attached hydrogen (secondary N) is 1. The Labute approximate surface area is 228 Å². The lowest BCUT2D eigenvalue weighted by Gasteiger charge is -2.14. The molecule has 1 aliphatic rings. The van der Waals surface area contributed by atoms with Crippen LogP contribution in [-0.4, -0.2) is 36.4 Å². The fourth-order valence-corrected chi connectivity index (χ4v) is 4.80. The van der Waals surface area contributed by atoms with Crippen LogP contribution in [0.1, 0.15) is 64.4 Å². The third-order valence-corrected chi connectivity index (χ3v) is 7.10.